The van der Waals surface area contributed by atoms with Crippen LogP contribution in [0.15, 0.2) is 60.7 Å². The van der Waals surface area contributed by atoms with E-state index in [1.165, 1.54) is 11.1 Å². The Labute approximate surface area is 161 Å². The minimum absolute atomic E-state index is 0.0281. The molecule has 3 rings (SSSR count). The standard InChI is InChI=1S/C22H28N2OS/c1-18(26-17-20-11-6-3-7-12-20)22(25)23-21-13-8-14-24(16-21)15-19-9-4-2-5-10-19/h2-7,9-12,18,21H,8,13-17H2,1H3,(H,23,25). The highest BCUT2D eigenvalue weighted by Crippen LogP contribution is 2.19. The normalized spacial score (nSPS) is 19.0. The summed E-state index contributed by atoms with van der Waals surface area (Å²) in [6.45, 7) is 5.02. The van der Waals surface area contributed by atoms with Gasteiger partial charge in [-0.1, -0.05) is 60.7 Å². The Morgan fingerprint density at radius 2 is 1.77 bits per heavy atom. The third-order valence-electron chi connectivity index (χ3n) is 4.81. The van der Waals surface area contributed by atoms with Crippen LogP contribution in [0.5, 0.6) is 0 Å². The zero-order chi connectivity index (χ0) is 18.2. The Hall–Kier alpha value is -1.78. The summed E-state index contributed by atoms with van der Waals surface area (Å²) in [7, 11) is 0. The molecular weight excluding hydrogens is 340 g/mol. The largest absolute Gasteiger partial charge is 0.351 e. The molecule has 2 atom stereocenters. The Balaban J connectivity index is 1.44. The Morgan fingerprint density at radius 3 is 2.46 bits per heavy atom. The van der Waals surface area contributed by atoms with Gasteiger partial charge in [0.1, 0.15) is 0 Å². The number of carbonyl (C=O) groups is 1. The van der Waals surface area contributed by atoms with Crippen molar-refractivity contribution in [2.75, 3.05) is 13.1 Å². The van der Waals surface area contributed by atoms with Gasteiger partial charge in [-0.05, 0) is 37.4 Å². The molecule has 0 spiro atoms. The van der Waals surface area contributed by atoms with Gasteiger partial charge in [0.2, 0.25) is 5.91 Å². The van der Waals surface area contributed by atoms with Crippen LogP contribution in [0.3, 0.4) is 0 Å². The van der Waals surface area contributed by atoms with Crippen LogP contribution in [0.25, 0.3) is 0 Å². The second kappa shape index (κ2) is 9.79. The van der Waals surface area contributed by atoms with E-state index in [1.54, 1.807) is 11.8 Å². The third-order valence-corrected chi connectivity index (χ3v) is 6.03. The Morgan fingerprint density at radius 1 is 1.12 bits per heavy atom. The van der Waals surface area contributed by atoms with Gasteiger partial charge in [0.05, 0.1) is 5.25 Å². The number of benzene rings is 2. The van der Waals surface area contributed by atoms with Crippen LogP contribution < -0.4 is 5.32 Å². The zero-order valence-electron chi connectivity index (χ0n) is 15.4. The number of likely N-dealkylation sites (tertiary alicyclic amines) is 1. The summed E-state index contributed by atoms with van der Waals surface area (Å²) in [5.41, 5.74) is 2.61. The molecule has 4 heteroatoms. The van der Waals surface area contributed by atoms with E-state index in [9.17, 15) is 4.79 Å². The molecule has 1 aliphatic rings. The van der Waals surface area contributed by atoms with Crippen molar-refractivity contribution in [3.8, 4) is 0 Å². The van der Waals surface area contributed by atoms with E-state index in [-0.39, 0.29) is 17.2 Å². The quantitative estimate of drug-likeness (QED) is 0.799. The van der Waals surface area contributed by atoms with Crippen LogP contribution in [0.4, 0.5) is 0 Å². The summed E-state index contributed by atoms with van der Waals surface area (Å²) in [6.07, 6.45) is 2.22. The lowest BCUT2D eigenvalue weighted by Gasteiger charge is -2.33. The SMILES string of the molecule is CC(SCc1ccccc1)C(=O)NC1CCCN(Cc2ccccc2)C1. The molecule has 2 aromatic rings. The van der Waals surface area contributed by atoms with Crippen molar-refractivity contribution in [1.29, 1.82) is 0 Å². The van der Waals surface area contributed by atoms with Crippen molar-refractivity contribution in [1.82, 2.24) is 10.2 Å². The highest BCUT2D eigenvalue weighted by molar-refractivity contribution is 7.99. The van der Waals surface area contributed by atoms with Crippen LogP contribution in [0, 0.1) is 0 Å². The molecule has 2 aromatic carbocycles. The number of thioether (sulfide) groups is 1. The number of nitrogens with zero attached hydrogens (tertiary/aromatic N) is 1. The molecule has 1 saturated heterocycles. The lowest BCUT2D eigenvalue weighted by atomic mass is 10.0. The summed E-state index contributed by atoms with van der Waals surface area (Å²) in [5, 5.41) is 3.24. The van der Waals surface area contributed by atoms with E-state index in [0.29, 0.717) is 0 Å². The maximum Gasteiger partial charge on any atom is 0.233 e. The summed E-state index contributed by atoms with van der Waals surface area (Å²) < 4.78 is 0. The van der Waals surface area contributed by atoms with E-state index in [1.807, 2.05) is 25.1 Å². The van der Waals surface area contributed by atoms with Crippen LogP contribution in [0.1, 0.15) is 30.9 Å². The summed E-state index contributed by atoms with van der Waals surface area (Å²) in [5.74, 6) is 1.04. The van der Waals surface area contributed by atoms with Crippen LogP contribution in [-0.4, -0.2) is 35.2 Å². The van der Waals surface area contributed by atoms with Gasteiger partial charge in [-0.25, -0.2) is 0 Å². The first kappa shape index (κ1) is 19.0. The van der Waals surface area contributed by atoms with E-state index in [4.69, 9.17) is 0 Å². The molecule has 3 nitrogen and oxygen atoms in total. The topological polar surface area (TPSA) is 32.3 Å². The van der Waals surface area contributed by atoms with Gasteiger partial charge < -0.3 is 5.32 Å². The second-order valence-electron chi connectivity index (χ2n) is 7.01. The number of rotatable bonds is 7. The average Bonchev–Trinajstić information content (AvgIpc) is 2.68. The molecule has 1 N–H and O–H groups in total. The fourth-order valence-corrected chi connectivity index (χ4v) is 4.20. The molecule has 26 heavy (non-hydrogen) atoms. The van der Waals surface area contributed by atoms with E-state index in [2.05, 4.69) is 52.7 Å². The first-order valence-corrected chi connectivity index (χ1v) is 10.5. The number of amides is 1. The molecule has 1 fully saturated rings. The van der Waals surface area contributed by atoms with Crippen molar-refractivity contribution in [2.24, 2.45) is 0 Å². The molecule has 2 unspecified atom stereocenters. The number of carbonyl (C=O) groups excluding carboxylic acids is 1. The van der Waals surface area contributed by atoms with Crippen molar-refractivity contribution >= 4 is 17.7 Å². The molecule has 0 aliphatic carbocycles. The van der Waals surface area contributed by atoms with Gasteiger partial charge in [0.15, 0.2) is 0 Å². The smallest absolute Gasteiger partial charge is 0.233 e. The molecular formula is C22H28N2OS. The lowest BCUT2D eigenvalue weighted by Crippen LogP contribution is -2.49. The zero-order valence-corrected chi connectivity index (χ0v) is 16.3. The molecule has 0 bridgehead atoms. The van der Waals surface area contributed by atoms with Crippen LogP contribution in [-0.2, 0) is 17.1 Å². The summed E-state index contributed by atoms with van der Waals surface area (Å²) in [4.78, 5) is 15.0. The summed E-state index contributed by atoms with van der Waals surface area (Å²) in [6, 6.07) is 21.2. The molecule has 1 heterocycles. The van der Waals surface area contributed by atoms with Crippen molar-refractivity contribution in [3.05, 3.63) is 71.8 Å². The first-order valence-electron chi connectivity index (χ1n) is 9.43. The Bertz CT molecular complexity index is 677. The molecule has 138 valence electrons. The van der Waals surface area contributed by atoms with Gasteiger partial charge >= 0.3 is 0 Å². The number of nitrogens with one attached hydrogen (secondary N) is 1. The van der Waals surface area contributed by atoms with Crippen molar-refractivity contribution < 1.29 is 4.79 Å². The predicted molar refractivity (Wildman–Crippen MR) is 110 cm³/mol. The highest BCUT2D eigenvalue weighted by atomic mass is 32.2. The summed E-state index contributed by atoms with van der Waals surface area (Å²) >= 11 is 1.70. The molecule has 0 aromatic heterocycles. The minimum Gasteiger partial charge on any atom is -0.351 e. The predicted octanol–water partition coefficient (Wildman–Crippen LogP) is 4.09. The number of hydrogen-bond donors (Lipinski definition) is 1. The fourth-order valence-electron chi connectivity index (χ4n) is 3.35. The fraction of sp³-hybridized carbons (Fsp3) is 0.409. The highest BCUT2D eigenvalue weighted by Gasteiger charge is 2.23. The third kappa shape index (κ3) is 5.89. The van der Waals surface area contributed by atoms with Gasteiger partial charge in [-0.2, -0.15) is 0 Å². The van der Waals surface area contributed by atoms with E-state index >= 15 is 0 Å². The molecule has 1 aliphatic heterocycles. The monoisotopic (exact) mass is 368 g/mol. The average molecular weight is 369 g/mol. The molecule has 0 radical (unpaired) electrons. The Kier molecular flexibility index (Phi) is 7.15. The van der Waals surface area contributed by atoms with Gasteiger partial charge in [0, 0.05) is 24.9 Å². The number of hydrogen-bond acceptors (Lipinski definition) is 3. The van der Waals surface area contributed by atoms with Crippen LogP contribution in [0.2, 0.25) is 0 Å². The van der Waals surface area contributed by atoms with Crippen molar-refractivity contribution in [2.45, 2.75) is 43.4 Å². The number of piperidine rings is 1. The van der Waals surface area contributed by atoms with E-state index < -0.39 is 0 Å². The maximum atomic E-state index is 12.5. The minimum atomic E-state index is -0.0281. The van der Waals surface area contributed by atoms with Gasteiger partial charge in [0.25, 0.3) is 0 Å². The van der Waals surface area contributed by atoms with Gasteiger partial charge in [-0.3, -0.25) is 9.69 Å². The molecule has 1 amide bonds. The molecule has 0 saturated carbocycles. The van der Waals surface area contributed by atoms with E-state index in [0.717, 1.165) is 38.2 Å². The second-order valence-corrected chi connectivity index (χ2v) is 8.34. The van der Waals surface area contributed by atoms with Crippen molar-refractivity contribution in [3.63, 3.8) is 0 Å². The maximum absolute atomic E-state index is 12.5. The van der Waals surface area contributed by atoms with Crippen LogP contribution >= 0.6 is 11.8 Å². The lowest BCUT2D eigenvalue weighted by molar-refractivity contribution is -0.121. The first-order chi connectivity index (χ1) is 12.7. The van der Waals surface area contributed by atoms with Gasteiger partial charge in [-0.15, -0.1) is 11.8 Å².